The molecule has 152 valence electrons. The summed E-state index contributed by atoms with van der Waals surface area (Å²) in [5.41, 5.74) is 0.220. The molecular weight excluding hydrogens is 368 g/mol. The average Bonchev–Trinajstić information content (AvgIpc) is 2.95. The van der Waals surface area contributed by atoms with E-state index in [1.54, 1.807) is 13.2 Å². The smallest absolute Gasteiger partial charge is 0.255 e. The highest BCUT2D eigenvalue weighted by atomic mass is 32.2. The molecule has 8 heteroatoms. The summed E-state index contributed by atoms with van der Waals surface area (Å²) in [6, 6.07) is 4.36. The zero-order chi connectivity index (χ0) is 19.9. The van der Waals surface area contributed by atoms with Crippen molar-refractivity contribution in [2.24, 2.45) is 0 Å². The number of carbonyl (C=O) groups is 1. The molecular formula is C19H30N2O5S. The third kappa shape index (κ3) is 5.67. The topological polar surface area (TPSA) is 84.9 Å². The van der Waals surface area contributed by atoms with E-state index in [2.05, 4.69) is 5.32 Å². The summed E-state index contributed by atoms with van der Waals surface area (Å²) >= 11 is 0. The highest BCUT2D eigenvalue weighted by molar-refractivity contribution is 7.89. The fraction of sp³-hybridized carbons (Fsp3) is 0.632. The predicted octanol–water partition coefficient (Wildman–Crippen LogP) is 2.41. The second-order valence-electron chi connectivity index (χ2n) is 6.84. The van der Waals surface area contributed by atoms with E-state index in [9.17, 15) is 13.2 Å². The lowest BCUT2D eigenvalue weighted by molar-refractivity contribution is 0.0926. The minimum absolute atomic E-state index is 0.104. The number of methoxy groups -OCH3 is 2. The molecule has 1 saturated heterocycles. The first-order valence-corrected chi connectivity index (χ1v) is 10.8. The van der Waals surface area contributed by atoms with Gasteiger partial charge in [-0.2, -0.15) is 4.31 Å². The molecule has 1 atom stereocenters. The second-order valence-corrected chi connectivity index (χ2v) is 8.77. The average molecular weight is 399 g/mol. The van der Waals surface area contributed by atoms with Gasteiger partial charge in [0.25, 0.3) is 5.91 Å². The Bertz CT molecular complexity index is 728. The van der Waals surface area contributed by atoms with Crippen LogP contribution in [0.5, 0.6) is 5.75 Å². The molecule has 1 heterocycles. The Morgan fingerprint density at radius 3 is 2.44 bits per heavy atom. The fourth-order valence-corrected chi connectivity index (χ4v) is 4.67. The number of amides is 1. The molecule has 1 aliphatic rings. The number of nitrogens with one attached hydrogen (secondary N) is 1. The number of hydrogen-bond acceptors (Lipinski definition) is 5. The van der Waals surface area contributed by atoms with Crippen molar-refractivity contribution in [2.75, 3.05) is 33.9 Å². The largest absolute Gasteiger partial charge is 0.496 e. The highest BCUT2D eigenvalue weighted by Gasteiger charge is 2.27. The van der Waals surface area contributed by atoms with Gasteiger partial charge in [-0.25, -0.2) is 8.42 Å². The Labute approximate surface area is 162 Å². The Morgan fingerprint density at radius 1 is 1.19 bits per heavy atom. The molecule has 0 bridgehead atoms. The van der Waals surface area contributed by atoms with Gasteiger partial charge in [0.1, 0.15) is 5.75 Å². The molecule has 0 radical (unpaired) electrons. The quantitative estimate of drug-likeness (QED) is 0.727. The van der Waals surface area contributed by atoms with Crippen molar-refractivity contribution >= 4 is 15.9 Å². The van der Waals surface area contributed by atoms with Crippen LogP contribution >= 0.6 is 0 Å². The van der Waals surface area contributed by atoms with Crippen LogP contribution in [-0.4, -0.2) is 58.6 Å². The van der Waals surface area contributed by atoms with E-state index >= 15 is 0 Å². The first-order chi connectivity index (χ1) is 12.9. The summed E-state index contributed by atoms with van der Waals surface area (Å²) in [5.74, 6) is -0.00960. The van der Waals surface area contributed by atoms with Crippen molar-refractivity contribution in [2.45, 2.75) is 50.0 Å². The van der Waals surface area contributed by atoms with Crippen molar-refractivity contribution in [1.29, 1.82) is 0 Å². The van der Waals surface area contributed by atoms with Crippen molar-refractivity contribution in [3.8, 4) is 5.75 Å². The molecule has 0 spiro atoms. The molecule has 1 aromatic rings. The van der Waals surface area contributed by atoms with Crippen LogP contribution in [0.4, 0.5) is 0 Å². The van der Waals surface area contributed by atoms with Gasteiger partial charge in [-0.1, -0.05) is 12.8 Å². The Balaban J connectivity index is 2.26. The molecule has 0 aliphatic carbocycles. The van der Waals surface area contributed by atoms with Gasteiger partial charge in [0.2, 0.25) is 10.0 Å². The van der Waals surface area contributed by atoms with Gasteiger partial charge in [0.05, 0.1) is 17.6 Å². The number of carbonyl (C=O) groups excluding carboxylic acids is 1. The van der Waals surface area contributed by atoms with Gasteiger partial charge in [-0.05, 0) is 44.4 Å². The maximum absolute atomic E-state index is 13.0. The van der Waals surface area contributed by atoms with E-state index in [0.717, 1.165) is 25.7 Å². The summed E-state index contributed by atoms with van der Waals surface area (Å²) in [7, 11) is -0.564. The van der Waals surface area contributed by atoms with Crippen molar-refractivity contribution in [1.82, 2.24) is 9.62 Å². The van der Waals surface area contributed by atoms with E-state index < -0.39 is 10.0 Å². The van der Waals surface area contributed by atoms with Crippen molar-refractivity contribution in [3.63, 3.8) is 0 Å². The first-order valence-electron chi connectivity index (χ1n) is 9.38. The number of hydrogen-bond donors (Lipinski definition) is 1. The number of rotatable bonds is 8. The number of sulfonamides is 1. The van der Waals surface area contributed by atoms with E-state index in [0.29, 0.717) is 31.9 Å². The van der Waals surface area contributed by atoms with Gasteiger partial charge >= 0.3 is 0 Å². The highest BCUT2D eigenvalue weighted by Crippen LogP contribution is 2.26. The molecule has 1 N–H and O–H groups in total. The standard InChI is InChI=1S/C19H30N2O5S/c1-15(10-13-25-2)20-19(22)17-14-16(8-9-18(17)26-3)27(23,24)21-11-6-4-5-7-12-21/h8-9,14-15H,4-7,10-13H2,1-3H3,(H,20,22). The van der Waals surface area contributed by atoms with Gasteiger partial charge in [-0.3, -0.25) is 4.79 Å². The second kappa shape index (κ2) is 10.1. The van der Waals surface area contributed by atoms with Gasteiger partial charge in [-0.15, -0.1) is 0 Å². The number of benzene rings is 1. The fourth-order valence-electron chi connectivity index (χ4n) is 3.12. The summed E-state index contributed by atoms with van der Waals surface area (Å²) in [6.07, 6.45) is 4.47. The summed E-state index contributed by atoms with van der Waals surface area (Å²) < 4.78 is 37.8. The molecule has 1 aliphatic heterocycles. The molecule has 1 aromatic carbocycles. The summed E-state index contributed by atoms with van der Waals surface area (Å²) in [6.45, 7) is 3.44. The summed E-state index contributed by atoms with van der Waals surface area (Å²) in [5, 5.41) is 2.87. The normalized spacial score (nSPS) is 17.1. The third-order valence-electron chi connectivity index (χ3n) is 4.75. The van der Waals surface area contributed by atoms with Crippen LogP contribution < -0.4 is 10.1 Å². The molecule has 1 amide bonds. The van der Waals surface area contributed by atoms with Gasteiger partial charge < -0.3 is 14.8 Å². The molecule has 1 fully saturated rings. The lowest BCUT2D eigenvalue weighted by atomic mass is 10.1. The van der Waals surface area contributed by atoms with Crippen LogP contribution in [0.2, 0.25) is 0 Å². The minimum Gasteiger partial charge on any atom is -0.496 e. The van der Waals surface area contributed by atoms with Crippen LogP contribution in [-0.2, 0) is 14.8 Å². The molecule has 1 unspecified atom stereocenters. The molecule has 0 aromatic heterocycles. The minimum atomic E-state index is -3.63. The molecule has 7 nitrogen and oxygen atoms in total. The first kappa shape index (κ1) is 21.7. The van der Waals surface area contributed by atoms with Gasteiger partial charge in [0, 0.05) is 32.8 Å². The predicted molar refractivity (Wildman–Crippen MR) is 104 cm³/mol. The van der Waals surface area contributed by atoms with Crippen LogP contribution in [0.15, 0.2) is 23.1 Å². The number of ether oxygens (including phenoxy) is 2. The van der Waals surface area contributed by atoms with Gasteiger partial charge in [0.15, 0.2) is 0 Å². The Kier molecular flexibility index (Phi) is 8.07. The molecule has 0 saturated carbocycles. The molecule has 2 rings (SSSR count). The van der Waals surface area contributed by atoms with E-state index in [-0.39, 0.29) is 22.4 Å². The van der Waals surface area contributed by atoms with Crippen molar-refractivity contribution in [3.05, 3.63) is 23.8 Å². The maximum atomic E-state index is 13.0. The summed E-state index contributed by atoms with van der Waals surface area (Å²) in [4.78, 5) is 12.8. The van der Waals surface area contributed by atoms with Crippen LogP contribution in [0, 0.1) is 0 Å². The zero-order valence-corrected chi connectivity index (χ0v) is 17.2. The lowest BCUT2D eigenvalue weighted by Crippen LogP contribution is -2.34. The third-order valence-corrected chi connectivity index (χ3v) is 6.65. The molecule has 27 heavy (non-hydrogen) atoms. The van der Waals surface area contributed by atoms with Crippen molar-refractivity contribution < 1.29 is 22.7 Å². The van der Waals surface area contributed by atoms with E-state index in [1.165, 1.54) is 23.5 Å². The van der Waals surface area contributed by atoms with Crippen LogP contribution in [0.1, 0.15) is 49.4 Å². The van der Waals surface area contributed by atoms with E-state index in [4.69, 9.17) is 9.47 Å². The SMILES string of the molecule is COCCC(C)NC(=O)c1cc(S(=O)(=O)N2CCCCCC2)ccc1OC. The monoisotopic (exact) mass is 398 g/mol. The maximum Gasteiger partial charge on any atom is 0.255 e. The zero-order valence-electron chi connectivity index (χ0n) is 16.4. The lowest BCUT2D eigenvalue weighted by Gasteiger charge is -2.21. The van der Waals surface area contributed by atoms with Crippen LogP contribution in [0.3, 0.4) is 0 Å². The van der Waals surface area contributed by atoms with E-state index in [1.807, 2.05) is 6.92 Å². The Morgan fingerprint density at radius 2 is 1.85 bits per heavy atom. The van der Waals surface area contributed by atoms with Crippen LogP contribution in [0.25, 0.3) is 0 Å². The number of nitrogens with zero attached hydrogens (tertiary/aromatic N) is 1. The Hall–Kier alpha value is -1.64.